The molecule has 1 aromatic rings. The van der Waals surface area contributed by atoms with E-state index < -0.39 is 47.9 Å². The average molecular weight is 509 g/mol. The molecule has 9 nitrogen and oxygen atoms in total. The molecule has 5 atom stereocenters. The van der Waals surface area contributed by atoms with E-state index in [1.807, 2.05) is 0 Å². The fourth-order valence-electron chi connectivity index (χ4n) is 3.61. The molecule has 0 aliphatic carbocycles. The molecule has 32 heavy (non-hydrogen) atoms. The number of hydrogen-bond acceptors (Lipinski definition) is 6. The van der Waals surface area contributed by atoms with Crippen LogP contribution in [0.4, 0.5) is 4.79 Å². The highest BCUT2D eigenvalue weighted by Crippen LogP contribution is 2.30. The van der Waals surface area contributed by atoms with Crippen LogP contribution in [0.2, 0.25) is 10.0 Å². The highest BCUT2D eigenvalue weighted by Gasteiger charge is 2.50. The van der Waals surface area contributed by atoms with Crippen molar-refractivity contribution in [1.29, 1.82) is 0 Å². The number of amides is 4. The monoisotopic (exact) mass is 507 g/mol. The smallest absolute Gasteiger partial charge is 0.326 e. The number of carbonyl (C=O) groups is 3. The van der Waals surface area contributed by atoms with Gasteiger partial charge < -0.3 is 19.9 Å². The summed E-state index contributed by atoms with van der Waals surface area (Å²) >= 11 is 17.9. The second-order valence-corrected chi connectivity index (χ2v) is 9.05. The van der Waals surface area contributed by atoms with E-state index in [1.54, 1.807) is 13.0 Å². The molecule has 2 aliphatic rings. The van der Waals surface area contributed by atoms with Crippen molar-refractivity contribution in [3.63, 3.8) is 0 Å². The standard InChI is InChI=1S/C20H24Cl3N3O6/c1-10-14(27)8-16(32-10)26-9-20(5-6-21,18(29)24-19(26)30)25-17(28)11(2)31-15-4-3-12(22)7-13(15)23/h3-4,7,10-11,14,16,27H,5-6,8-9H2,1-2H3,(H,25,28)(H,24,29,30)/t10-,11?,14+,16-,20?/m1/s1. The lowest BCUT2D eigenvalue weighted by Gasteiger charge is -2.43. The van der Waals surface area contributed by atoms with Crippen molar-refractivity contribution in [2.75, 3.05) is 12.4 Å². The number of imide groups is 1. The Balaban J connectivity index is 1.77. The third-order valence-corrected chi connectivity index (χ3v) is 6.23. The largest absolute Gasteiger partial charge is 0.479 e. The lowest BCUT2D eigenvalue weighted by molar-refractivity contribution is -0.140. The second kappa shape index (κ2) is 10.0. The Morgan fingerprint density at radius 2 is 2.16 bits per heavy atom. The van der Waals surface area contributed by atoms with E-state index in [1.165, 1.54) is 24.0 Å². The predicted octanol–water partition coefficient (Wildman–Crippen LogP) is 2.29. The first-order valence-electron chi connectivity index (χ1n) is 10.0. The molecule has 2 heterocycles. The summed E-state index contributed by atoms with van der Waals surface area (Å²) < 4.78 is 11.3. The van der Waals surface area contributed by atoms with Crippen LogP contribution in [0.1, 0.15) is 26.7 Å². The Morgan fingerprint density at radius 3 is 2.75 bits per heavy atom. The summed E-state index contributed by atoms with van der Waals surface area (Å²) in [4.78, 5) is 39.5. The minimum absolute atomic E-state index is 0.0402. The highest BCUT2D eigenvalue weighted by atomic mass is 35.5. The fraction of sp³-hybridized carbons (Fsp3) is 0.550. The Morgan fingerprint density at radius 1 is 1.44 bits per heavy atom. The maximum absolute atomic E-state index is 12.9. The molecule has 0 radical (unpaired) electrons. The van der Waals surface area contributed by atoms with Gasteiger partial charge in [0.1, 0.15) is 17.5 Å². The SMILES string of the molecule is CC(Oc1ccc(Cl)cc1Cl)C(=O)NC1(CCCl)CN([C@H]2C[C@H](O)[C@@H](C)O2)C(=O)NC1=O. The van der Waals surface area contributed by atoms with Crippen LogP contribution in [0.25, 0.3) is 0 Å². The Hall–Kier alpha value is -1.78. The van der Waals surface area contributed by atoms with Gasteiger partial charge in [-0.15, -0.1) is 11.6 Å². The van der Waals surface area contributed by atoms with Gasteiger partial charge in [-0.3, -0.25) is 19.8 Å². The zero-order valence-electron chi connectivity index (χ0n) is 17.4. The van der Waals surface area contributed by atoms with Gasteiger partial charge >= 0.3 is 6.03 Å². The maximum atomic E-state index is 12.9. The second-order valence-electron chi connectivity index (χ2n) is 7.83. The molecule has 0 saturated carbocycles. The van der Waals surface area contributed by atoms with Gasteiger partial charge in [0.25, 0.3) is 11.8 Å². The van der Waals surface area contributed by atoms with Gasteiger partial charge in [0, 0.05) is 17.3 Å². The van der Waals surface area contributed by atoms with Crippen molar-refractivity contribution >= 4 is 52.6 Å². The molecule has 2 fully saturated rings. The number of hydrogen-bond donors (Lipinski definition) is 3. The first-order chi connectivity index (χ1) is 15.1. The third-order valence-electron chi connectivity index (χ3n) is 5.51. The molecule has 2 saturated heterocycles. The lowest BCUT2D eigenvalue weighted by Crippen LogP contribution is -2.73. The number of aliphatic hydroxyl groups is 1. The van der Waals surface area contributed by atoms with E-state index >= 15 is 0 Å². The van der Waals surface area contributed by atoms with Crippen molar-refractivity contribution in [1.82, 2.24) is 15.5 Å². The zero-order valence-corrected chi connectivity index (χ0v) is 19.7. The van der Waals surface area contributed by atoms with Crippen molar-refractivity contribution in [2.24, 2.45) is 0 Å². The summed E-state index contributed by atoms with van der Waals surface area (Å²) in [7, 11) is 0. The summed E-state index contributed by atoms with van der Waals surface area (Å²) in [5, 5.41) is 15.6. The van der Waals surface area contributed by atoms with Gasteiger partial charge in [-0.25, -0.2) is 4.79 Å². The van der Waals surface area contributed by atoms with Gasteiger partial charge in [-0.1, -0.05) is 23.2 Å². The number of halogens is 3. The minimum Gasteiger partial charge on any atom is -0.479 e. The summed E-state index contributed by atoms with van der Waals surface area (Å²) in [5.41, 5.74) is -1.51. The molecule has 1 aromatic carbocycles. The minimum atomic E-state index is -1.51. The van der Waals surface area contributed by atoms with Gasteiger partial charge in [0.15, 0.2) is 6.10 Å². The van der Waals surface area contributed by atoms with Crippen LogP contribution in [0.3, 0.4) is 0 Å². The van der Waals surface area contributed by atoms with Gasteiger partial charge in [-0.2, -0.15) is 0 Å². The van der Waals surface area contributed by atoms with E-state index in [0.717, 1.165) is 0 Å². The molecule has 176 valence electrons. The maximum Gasteiger partial charge on any atom is 0.326 e. The quantitative estimate of drug-likeness (QED) is 0.487. The van der Waals surface area contributed by atoms with E-state index in [4.69, 9.17) is 44.3 Å². The fourth-order valence-corrected chi connectivity index (χ4v) is 4.39. The molecule has 2 unspecified atom stereocenters. The van der Waals surface area contributed by atoms with Crippen molar-refractivity contribution < 1.29 is 29.0 Å². The number of alkyl halides is 1. The third kappa shape index (κ3) is 5.23. The summed E-state index contributed by atoms with van der Waals surface area (Å²) in [6.07, 6.45) is -2.76. The number of ether oxygens (including phenoxy) is 2. The van der Waals surface area contributed by atoms with E-state index in [2.05, 4.69) is 10.6 Å². The Kier molecular flexibility index (Phi) is 7.77. The first kappa shape index (κ1) is 24.9. The molecule has 3 N–H and O–H groups in total. The Bertz CT molecular complexity index is 893. The molecule has 2 aliphatic heterocycles. The van der Waals surface area contributed by atoms with E-state index in [-0.39, 0.29) is 36.0 Å². The van der Waals surface area contributed by atoms with Crippen LogP contribution in [0, 0.1) is 0 Å². The molecule has 3 rings (SSSR count). The zero-order chi connectivity index (χ0) is 23.6. The van der Waals surface area contributed by atoms with Gasteiger partial charge in [0.2, 0.25) is 0 Å². The van der Waals surface area contributed by atoms with E-state index in [9.17, 15) is 19.5 Å². The van der Waals surface area contributed by atoms with Gasteiger partial charge in [-0.05, 0) is 38.5 Å². The van der Waals surface area contributed by atoms with E-state index in [0.29, 0.717) is 5.02 Å². The van der Waals surface area contributed by atoms with Gasteiger partial charge in [0.05, 0.1) is 23.8 Å². The summed E-state index contributed by atoms with van der Waals surface area (Å²) in [6.45, 7) is 3.01. The van der Waals surface area contributed by atoms with Crippen LogP contribution in [-0.4, -0.2) is 70.4 Å². The number of aliphatic hydroxyl groups excluding tert-OH is 1. The Labute approximate surface area is 200 Å². The van der Waals surface area contributed by atoms with Crippen molar-refractivity contribution in [3.8, 4) is 5.75 Å². The topological polar surface area (TPSA) is 117 Å². The molecule has 12 heteroatoms. The number of rotatable bonds is 7. The summed E-state index contributed by atoms with van der Waals surface area (Å²) in [5.74, 6) is -1.00. The number of carbonyl (C=O) groups excluding carboxylic acids is 3. The lowest BCUT2D eigenvalue weighted by atomic mass is 9.91. The number of benzene rings is 1. The number of nitrogens with zero attached hydrogens (tertiary/aromatic N) is 1. The van der Waals surface area contributed by atoms with Crippen LogP contribution >= 0.6 is 34.8 Å². The number of urea groups is 1. The highest BCUT2D eigenvalue weighted by molar-refractivity contribution is 6.35. The molecule has 0 aromatic heterocycles. The molecular formula is C20H24Cl3N3O6. The first-order valence-corrected chi connectivity index (χ1v) is 11.3. The normalized spacial score (nSPS) is 28.9. The van der Waals surface area contributed by atoms with Crippen LogP contribution < -0.4 is 15.4 Å². The summed E-state index contributed by atoms with van der Waals surface area (Å²) in [6, 6.07) is 3.91. The van der Waals surface area contributed by atoms with Crippen LogP contribution in [-0.2, 0) is 14.3 Å². The molecule has 4 amide bonds. The predicted molar refractivity (Wildman–Crippen MR) is 118 cm³/mol. The van der Waals surface area contributed by atoms with Crippen molar-refractivity contribution in [3.05, 3.63) is 28.2 Å². The molecular weight excluding hydrogens is 485 g/mol. The average Bonchev–Trinajstić information content (AvgIpc) is 3.05. The van der Waals surface area contributed by atoms with Crippen LogP contribution in [0.5, 0.6) is 5.75 Å². The molecule has 0 bridgehead atoms. The number of nitrogens with one attached hydrogen (secondary N) is 2. The van der Waals surface area contributed by atoms with Crippen LogP contribution in [0.15, 0.2) is 18.2 Å². The van der Waals surface area contributed by atoms with Crippen molar-refractivity contribution in [2.45, 2.75) is 56.8 Å². The molecule has 0 spiro atoms.